The summed E-state index contributed by atoms with van der Waals surface area (Å²) in [4.78, 5) is 13.2. The van der Waals surface area contributed by atoms with Crippen LogP contribution in [0.15, 0.2) is 29.1 Å². The average molecular weight is 293 g/mol. The van der Waals surface area contributed by atoms with Crippen molar-refractivity contribution in [3.05, 3.63) is 55.6 Å². The minimum Gasteiger partial charge on any atom is -0.299 e. The predicted octanol–water partition coefficient (Wildman–Crippen LogP) is 4.14. The summed E-state index contributed by atoms with van der Waals surface area (Å²) < 4.78 is 13.1. The first-order valence-electron chi connectivity index (χ1n) is 4.53. The number of aromatic nitrogens is 1. The molecule has 0 amide bonds. The number of H-pyrrole nitrogens is 1. The zero-order chi connectivity index (χ0) is 12.6. The lowest BCUT2D eigenvalue weighted by Gasteiger charge is -2.08. The van der Waals surface area contributed by atoms with E-state index in [1.165, 1.54) is 18.2 Å². The monoisotopic (exact) mass is 291 g/mol. The molecule has 0 spiro atoms. The molecule has 2 nitrogen and oxygen atoms in total. The molecule has 0 saturated carbocycles. The Morgan fingerprint density at radius 1 is 1.06 bits per heavy atom. The van der Waals surface area contributed by atoms with Gasteiger partial charge in [-0.05, 0) is 23.8 Å². The second kappa shape index (κ2) is 4.69. The normalized spacial score (nSPS) is 10.6. The molecule has 0 radical (unpaired) electrons. The van der Waals surface area contributed by atoms with E-state index in [9.17, 15) is 9.18 Å². The Kier molecular flexibility index (Phi) is 3.43. The minimum absolute atomic E-state index is 0.184. The molecule has 0 aliphatic carbocycles. The highest BCUT2D eigenvalue weighted by Crippen LogP contribution is 2.38. The number of halogens is 4. The molecule has 2 aromatic rings. The van der Waals surface area contributed by atoms with Gasteiger partial charge in [-0.3, -0.25) is 9.78 Å². The summed E-state index contributed by atoms with van der Waals surface area (Å²) in [7, 11) is 0. The van der Waals surface area contributed by atoms with Gasteiger partial charge in [-0.15, -0.1) is 0 Å². The van der Waals surface area contributed by atoms with Gasteiger partial charge in [-0.2, -0.15) is 4.39 Å². The topological polar surface area (TPSA) is 32.9 Å². The van der Waals surface area contributed by atoms with Crippen molar-refractivity contribution in [2.24, 2.45) is 0 Å². The molecule has 1 aromatic carbocycles. The smallest absolute Gasteiger partial charge is 0.250 e. The molecule has 0 aliphatic rings. The standard InChI is InChI=1S/C11H5Cl3FNO/c12-6-1-2-7(13)11(14)10(6)5-3-8(15)16-9(17)4-5/h1-4H,(H,16,17). The van der Waals surface area contributed by atoms with Gasteiger partial charge in [0.1, 0.15) is 0 Å². The van der Waals surface area contributed by atoms with Crippen LogP contribution in [0.4, 0.5) is 4.39 Å². The molecule has 0 aliphatic heterocycles. The molecule has 0 unspecified atom stereocenters. The quantitative estimate of drug-likeness (QED) is 0.622. The van der Waals surface area contributed by atoms with E-state index in [0.29, 0.717) is 10.6 Å². The van der Waals surface area contributed by atoms with Crippen molar-refractivity contribution in [3.8, 4) is 11.1 Å². The van der Waals surface area contributed by atoms with Crippen molar-refractivity contribution in [1.29, 1.82) is 0 Å². The molecule has 88 valence electrons. The zero-order valence-corrected chi connectivity index (χ0v) is 10.5. The largest absolute Gasteiger partial charge is 0.299 e. The highest BCUT2D eigenvalue weighted by molar-refractivity contribution is 6.46. The number of hydrogen-bond acceptors (Lipinski definition) is 1. The van der Waals surface area contributed by atoms with Gasteiger partial charge < -0.3 is 0 Å². The Hall–Kier alpha value is -1.03. The number of rotatable bonds is 1. The molecule has 2 rings (SSSR count). The van der Waals surface area contributed by atoms with Gasteiger partial charge >= 0.3 is 0 Å². The lowest BCUT2D eigenvalue weighted by Crippen LogP contribution is -2.06. The van der Waals surface area contributed by atoms with Crippen molar-refractivity contribution in [2.45, 2.75) is 0 Å². The number of pyridine rings is 1. The van der Waals surface area contributed by atoms with Crippen LogP contribution in [0, 0.1) is 5.95 Å². The molecule has 0 bridgehead atoms. The Labute approximate surface area is 111 Å². The second-order valence-corrected chi connectivity index (χ2v) is 4.49. The van der Waals surface area contributed by atoms with E-state index in [1.807, 2.05) is 4.98 Å². The number of hydrogen-bond donors (Lipinski definition) is 1. The van der Waals surface area contributed by atoms with E-state index in [2.05, 4.69) is 0 Å². The van der Waals surface area contributed by atoms with Gasteiger partial charge in [0, 0.05) is 11.6 Å². The maximum atomic E-state index is 13.1. The van der Waals surface area contributed by atoms with Crippen LogP contribution in [0.1, 0.15) is 0 Å². The molecule has 1 heterocycles. The minimum atomic E-state index is -0.764. The predicted molar refractivity (Wildman–Crippen MR) is 67.5 cm³/mol. The van der Waals surface area contributed by atoms with E-state index in [4.69, 9.17) is 34.8 Å². The third-order valence-corrected chi connectivity index (χ3v) is 3.26. The van der Waals surface area contributed by atoms with Gasteiger partial charge in [-0.1, -0.05) is 34.8 Å². The third kappa shape index (κ3) is 2.46. The molecule has 0 fully saturated rings. The van der Waals surface area contributed by atoms with Crippen LogP contribution < -0.4 is 5.56 Å². The maximum absolute atomic E-state index is 13.1. The van der Waals surface area contributed by atoms with E-state index in [0.717, 1.165) is 6.07 Å². The summed E-state index contributed by atoms with van der Waals surface area (Å²) in [5.74, 6) is -0.764. The van der Waals surface area contributed by atoms with Gasteiger partial charge in [0.05, 0.1) is 15.1 Å². The fourth-order valence-electron chi connectivity index (χ4n) is 1.45. The van der Waals surface area contributed by atoms with Crippen LogP contribution >= 0.6 is 34.8 Å². The summed E-state index contributed by atoms with van der Waals surface area (Å²) in [5.41, 5.74) is 0.0432. The molecule has 0 atom stereocenters. The van der Waals surface area contributed by atoms with Gasteiger partial charge in [0.15, 0.2) is 5.95 Å². The molecular weight excluding hydrogens is 287 g/mol. The van der Waals surface area contributed by atoms with E-state index in [1.54, 1.807) is 0 Å². The van der Waals surface area contributed by atoms with Crippen LogP contribution in [-0.4, -0.2) is 4.98 Å². The Morgan fingerprint density at radius 3 is 2.35 bits per heavy atom. The first-order chi connectivity index (χ1) is 7.99. The second-order valence-electron chi connectivity index (χ2n) is 3.30. The Balaban J connectivity index is 2.76. The van der Waals surface area contributed by atoms with E-state index < -0.39 is 11.5 Å². The summed E-state index contributed by atoms with van der Waals surface area (Å²) >= 11 is 17.8. The van der Waals surface area contributed by atoms with Crippen molar-refractivity contribution < 1.29 is 4.39 Å². The van der Waals surface area contributed by atoms with Crippen LogP contribution in [0.25, 0.3) is 11.1 Å². The van der Waals surface area contributed by atoms with Crippen LogP contribution in [0.5, 0.6) is 0 Å². The number of aromatic amines is 1. The number of benzene rings is 1. The van der Waals surface area contributed by atoms with Crippen LogP contribution in [0.2, 0.25) is 15.1 Å². The molecule has 0 saturated heterocycles. The molecule has 17 heavy (non-hydrogen) atoms. The fourth-order valence-corrected chi connectivity index (χ4v) is 2.19. The van der Waals surface area contributed by atoms with Crippen molar-refractivity contribution in [2.75, 3.05) is 0 Å². The Bertz CT molecular complexity index is 639. The zero-order valence-electron chi connectivity index (χ0n) is 8.23. The van der Waals surface area contributed by atoms with Gasteiger partial charge in [-0.25, -0.2) is 0 Å². The summed E-state index contributed by atoms with van der Waals surface area (Å²) in [5, 5.41) is 0.764. The van der Waals surface area contributed by atoms with Gasteiger partial charge in [0.25, 0.3) is 5.56 Å². The van der Waals surface area contributed by atoms with Crippen LogP contribution in [0.3, 0.4) is 0 Å². The summed E-state index contributed by atoms with van der Waals surface area (Å²) in [6, 6.07) is 5.39. The van der Waals surface area contributed by atoms with Crippen molar-refractivity contribution in [3.63, 3.8) is 0 Å². The highest BCUT2D eigenvalue weighted by Gasteiger charge is 2.13. The van der Waals surface area contributed by atoms with E-state index >= 15 is 0 Å². The van der Waals surface area contributed by atoms with Crippen molar-refractivity contribution in [1.82, 2.24) is 4.98 Å². The third-order valence-electron chi connectivity index (χ3n) is 2.14. The maximum Gasteiger partial charge on any atom is 0.250 e. The SMILES string of the molecule is O=c1cc(-c2c(Cl)ccc(Cl)c2Cl)cc(F)[nH]1. The van der Waals surface area contributed by atoms with Crippen molar-refractivity contribution >= 4 is 34.8 Å². The van der Waals surface area contributed by atoms with Crippen LogP contribution in [-0.2, 0) is 0 Å². The summed E-state index contributed by atoms with van der Waals surface area (Å²) in [6.45, 7) is 0. The molecule has 1 N–H and O–H groups in total. The highest BCUT2D eigenvalue weighted by atomic mass is 35.5. The summed E-state index contributed by atoms with van der Waals surface area (Å²) in [6.07, 6.45) is 0. The first-order valence-corrected chi connectivity index (χ1v) is 5.66. The molecular formula is C11H5Cl3FNO. The molecule has 1 aromatic heterocycles. The lowest BCUT2D eigenvalue weighted by atomic mass is 10.1. The fraction of sp³-hybridized carbons (Fsp3) is 0. The lowest BCUT2D eigenvalue weighted by molar-refractivity contribution is 0.580. The Morgan fingerprint density at radius 2 is 1.71 bits per heavy atom. The average Bonchev–Trinajstić information content (AvgIpc) is 2.23. The van der Waals surface area contributed by atoms with E-state index in [-0.39, 0.29) is 15.6 Å². The van der Waals surface area contributed by atoms with Gasteiger partial charge in [0.2, 0.25) is 0 Å². The molecule has 6 heteroatoms. The first kappa shape index (κ1) is 12.4. The number of nitrogens with one attached hydrogen (secondary N) is 1.